The van der Waals surface area contributed by atoms with Crippen LogP contribution in [0.25, 0.3) is 60.2 Å². The number of nitrogens with zero attached hydrogens (tertiary/aromatic N) is 2. The highest BCUT2D eigenvalue weighted by molar-refractivity contribution is 6.30. The SMILES string of the molecule is CC1C=CC2=C(C1)[C@H](N(c1ccccc1)c1ccc3c(c1)c1ccccc1c1c4ccc(-c5ccc(N(c6ccc(C7=CCCC=C7)cc6)C6C=CC=CC6)cc5)cc4oc31)CC=C2. The molecule has 0 saturated heterocycles. The zero-order valence-corrected chi connectivity index (χ0v) is 36.2. The Labute approximate surface area is 375 Å². The summed E-state index contributed by atoms with van der Waals surface area (Å²) < 4.78 is 7.00. The molecule has 12 rings (SSSR count). The molecule has 7 aromatic carbocycles. The molecule has 0 N–H and O–H groups in total. The van der Waals surface area contributed by atoms with Gasteiger partial charge >= 0.3 is 0 Å². The number of anilines is 4. The van der Waals surface area contributed by atoms with Gasteiger partial charge < -0.3 is 14.2 Å². The highest BCUT2D eigenvalue weighted by atomic mass is 16.3. The Balaban J connectivity index is 0.923. The molecule has 64 heavy (non-hydrogen) atoms. The molecular weight excluding hydrogens is 777 g/mol. The van der Waals surface area contributed by atoms with Crippen LogP contribution in [0.2, 0.25) is 0 Å². The third-order valence-corrected chi connectivity index (χ3v) is 13.9. The molecule has 0 fully saturated rings. The van der Waals surface area contributed by atoms with Crippen molar-refractivity contribution in [3.63, 3.8) is 0 Å². The molecule has 3 atom stereocenters. The quantitative estimate of drug-likeness (QED) is 0.142. The van der Waals surface area contributed by atoms with Gasteiger partial charge in [0, 0.05) is 38.9 Å². The van der Waals surface area contributed by atoms with Crippen LogP contribution in [0.4, 0.5) is 22.7 Å². The normalized spacial score (nSPS) is 19.2. The number of benzene rings is 7. The minimum atomic E-state index is 0.234. The van der Waals surface area contributed by atoms with Gasteiger partial charge in [0.1, 0.15) is 11.2 Å². The maximum absolute atomic E-state index is 7.00. The maximum Gasteiger partial charge on any atom is 0.143 e. The highest BCUT2D eigenvalue weighted by Crippen LogP contribution is 2.46. The number of allylic oxidation sites excluding steroid dienone is 10. The van der Waals surface area contributed by atoms with Crippen LogP contribution in [0.15, 0.2) is 222 Å². The predicted octanol–water partition coefficient (Wildman–Crippen LogP) is 16.7. The number of fused-ring (bicyclic) bond motifs is 8. The van der Waals surface area contributed by atoms with Crippen LogP contribution < -0.4 is 9.80 Å². The molecule has 1 aromatic heterocycles. The smallest absolute Gasteiger partial charge is 0.143 e. The van der Waals surface area contributed by atoms with Crippen molar-refractivity contribution in [2.75, 3.05) is 9.80 Å². The molecule has 0 aliphatic heterocycles. The number of para-hydroxylation sites is 1. The topological polar surface area (TPSA) is 19.6 Å². The Morgan fingerprint density at radius 3 is 2.03 bits per heavy atom. The second-order valence-corrected chi connectivity index (χ2v) is 17.9. The van der Waals surface area contributed by atoms with Crippen molar-refractivity contribution in [3.05, 3.63) is 223 Å². The van der Waals surface area contributed by atoms with Crippen molar-refractivity contribution in [1.82, 2.24) is 0 Å². The third kappa shape index (κ3) is 6.75. The Kier molecular flexibility index (Phi) is 9.63. The average Bonchev–Trinajstić information content (AvgIpc) is 3.75. The van der Waals surface area contributed by atoms with Gasteiger partial charge in [0.15, 0.2) is 0 Å². The van der Waals surface area contributed by atoms with E-state index in [1.807, 2.05) is 0 Å². The lowest BCUT2D eigenvalue weighted by Crippen LogP contribution is -2.35. The van der Waals surface area contributed by atoms with Gasteiger partial charge in [0.2, 0.25) is 0 Å². The summed E-state index contributed by atoms with van der Waals surface area (Å²) in [5, 5.41) is 7.12. The van der Waals surface area contributed by atoms with Gasteiger partial charge in [-0.25, -0.2) is 0 Å². The molecule has 0 spiro atoms. The van der Waals surface area contributed by atoms with Gasteiger partial charge in [-0.05, 0) is 154 Å². The van der Waals surface area contributed by atoms with Gasteiger partial charge in [-0.1, -0.05) is 147 Å². The summed E-state index contributed by atoms with van der Waals surface area (Å²) in [5.74, 6) is 0.523. The fourth-order valence-corrected chi connectivity index (χ4v) is 10.7. The van der Waals surface area contributed by atoms with Gasteiger partial charge in [0.25, 0.3) is 0 Å². The first-order valence-corrected chi connectivity index (χ1v) is 23.1. The van der Waals surface area contributed by atoms with E-state index in [-0.39, 0.29) is 12.1 Å². The van der Waals surface area contributed by atoms with Crippen molar-refractivity contribution in [3.8, 4) is 11.1 Å². The molecule has 4 aliphatic rings. The van der Waals surface area contributed by atoms with E-state index in [1.54, 1.807) is 0 Å². The summed E-state index contributed by atoms with van der Waals surface area (Å²) >= 11 is 0. The number of rotatable bonds is 8. The monoisotopic (exact) mass is 826 g/mol. The minimum absolute atomic E-state index is 0.234. The van der Waals surface area contributed by atoms with Crippen molar-refractivity contribution >= 4 is 71.8 Å². The van der Waals surface area contributed by atoms with Crippen LogP contribution in [0, 0.1) is 5.92 Å². The van der Waals surface area contributed by atoms with E-state index in [4.69, 9.17) is 4.42 Å². The lowest BCUT2D eigenvalue weighted by Gasteiger charge is -2.39. The summed E-state index contributed by atoms with van der Waals surface area (Å²) in [6, 6.07) is 52.2. The second-order valence-electron chi connectivity index (χ2n) is 17.9. The first-order chi connectivity index (χ1) is 31.6. The van der Waals surface area contributed by atoms with E-state index in [1.165, 1.54) is 66.6 Å². The summed E-state index contributed by atoms with van der Waals surface area (Å²) in [4.78, 5) is 5.04. The zero-order valence-electron chi connectivity index (χ0n) is 36.2. The molecule has 0 saturated carbocycles. The van der Waals surface area contributed by atoms with Crippen molar-refractivity contribution in [2.45, 2.75) is 51.1 Å². The van der Waals surface area contributed by atoms with E-state index in [9.17, 15) is 0 Å². The molecule has 2 unspecified atom stereocenters. The molecule has 8 aromatic rings. The van der Waals surface area contributed by atoms with Crippen molar-refractivity contribution in [2.24, 2.45) is 5.92 Å². The summed E-state index contributed by atoms with van der Waals surface area (Å²) in [6.07, 6.45) is 30.4. The van der Waals surface area contributed by atoms with Gasteiger partial charge in [-0.15, -0.1) is 0 Å². The van der Waals surface area contributed by atoms with Crippen LogP contribution in [-0.2, 0) is 0 Å². The summed E-state index contributed by atoms with van der Waals surface area (Å²) in [7, 11) is 0. The molecule has 1 heterocycles. The Hall–Kier alpha value is -7.36. The van der Waals surface area contributed by atoms with Crippen LogP contribution in [-0.4, -0.2) is 12.1 Å². The van der Waals surface area contributed by atoms with E-state index in [0.29, 0.717) is 5.92 Å². The molecule has 4 aliphatic carbocycles. The first kappa shape index (κ1) is 38.3. The molecule has 3 nitrogen and oxygen atoms in total. The molecular formula is C61H50N2O. The van der Waals surface area contributed by atoms with Crippen LogP contribution in [0.5, 0.6) is 0 Å². The number of furan rings is 1. The summed E-state index contributed by atoms with van der Waals surface area (Å²) in [5.41, 5.74) is 14.4. The molecule has 3 heteroatoms. The number of hydrogen-bond acceptors (Lipinski definition) is 3. The highest BCUT2D eigenvalue weighted by Gasteiger charge is 2.30. The summed E-state index contributed by atoms with van der Waals surface area (Å²) in [6.45, 7) is 2.33. The van der Waals surface area contributed by atoms with E-state index in [2.05, 4.69) is 223 Å². The molecule has 0 radical (unpaired) electrons. The van der Waals surface area contributed by atoms with E-state index < -0.39 is 0 Å². The lowest BCUT2D eigenvalue weighted by atomic mass is 9.81. The van der Waals surface area contributed by atoms with Gasteiger partial charge in [-0.3, -0.25) is 0 Å². The fraction of sp³-hybridized carbons (Fsp3) is 0.148. The number of hydrogen-bond donors (Lipinski definition) is 0. The fourth-order valence-electron chi connectivity index (χ4n) is 10.7. The Morgan fingerprint density at radius 2 is 1.25 bits per heavy atom. The standard InChI is InChI=1S/C61H50N2O/c1-41-24-25-45-16-13-23-58(56(45)38-41)63(48-19-9-4-10-20-48)51-35-37-54-57(40-51)52-21-11-12-22-53(52)60-55-36-30-46(39-59(55)64-61(54)60)44-28-33-50(34-29-44)62(47-17-7-3-8-18-47)49-31-26-43(27-32-49)42-14-5-2-6-15-42/h3-5,7-17,19-22,24-37,39-41,47,58H,2,6,18,23,38H2,1H3/t41?,47?,58-/m1/s1. The zero-order chi connectivity index (χ0) is 42.6. The molecule has 0 bridgehead atoms. The third-order valence-electron chi connectivity index (χ3n) is 13.9. The van der Waals surface area contributed by atoms with Crippen LogP contribution in [0.1, 0.15) is 44.6 Å². The van der Waals surface area contributed by atoms with Gasteiger partial charge in [-0.2, -0.15) is 0 Å². The van der Waals surface area contributed by atoms with Crippen molar-refractivity contribution < 1.29 is 4.42 Å². The maximum atomic E-state index is 7.00. The Bertz CT molecular complexity index is 3320. The van der Waals surface area contributed by atoms with Crippen LogP contribution >= 0.6 is 0 Å². The van der Waals surface area contributed by atoms with Crippen LogP contribution in [0.3, 0.4) is 0 Å². The second kappa shape index (κ2) is 16.1. The predicted molar refractivity (Wildman–Crippen MR) is 272 cm³/mol. The lowest BCUT2D eigenvalue weighted by molar-refractivity contribution is 0.618. The average molecular weight is 827 g/mol. The molecule has 310 valence electrons. The largest absolute Gasteiger partial charge is 0.455 e. The van der Waals surface area contributed by atoms with Gasteiger partial charge in [0.05, 0.1) is 12.1 Å². The first-order valence-electron chi connectivity index (χ1n) is 23.1. The minimum Gasteiger partial charge on any atom is -0.455 e. The van der Waals surface area contributed by atoms with Crippen molar-refractivity contribution in [1.29, 1.82) is 0 Å². The van der Waals surface area contributed by atoms with E-state index >= 15 is 0 Å². The van der Waals surface area contributed by atoms with E-state index in [0.717, 1.165) is 65.2 Å². The Morgan fingerprint density at radius 1 is 0.516 bits per heavy atom. The molecule has 0 amide bonds.